The Labute approximate surface area is 109 Å². The summed E-state index contributed by atoms with van der Waals surface area (Å²) in [6.45, 7) is 11.2. The third kappa shape index (κ3) is 2.22. The summed E-state index contributed by atoms with van der Waals surface area (Å²) in [6, 6.07) is 4.84. The minimum Gasteiger partial charge on any atom is -0.329 e. The van der Waals surface area contributed by atoms with E-state index in [0.717, 1.165) is 6.54 Å². The van der Waals surface area contributed by atoms with Crippen molar-refractivity contribution in [2.75, 3.05) is 6.54 Å². The van der Waals surface area contributed by atoms with Gasteiger partial charge in [-0.15, -0.1) is 0 Å². The minimum atomic E-state index is 0.0487. The summed E-state index contributed by atoms with van der Waals surface area (Å²) in [5.74, 6) is 0. The molecule has 0 aliphatic carbocycles. The molecule has 2 rings (SSSR count). The molecule has 0 saturated carbocycles. The molecule has 1 aromatic rings. The molecular formula is C15H22N2O. The molecule has 0 bridgehead atoms. The molecule has 1 fully saturated rings. The molecule has 1 atom stereocenters. The third-order valence-corrected chi connectivity index (χ3v) is 3.82. The van der Waals surface area contributed by atoms with E-state index >= 15 is 0 Å². The normalized spacial score (nSPS) is 19.6. The molecule has 0 radical (unpaired) electrons. The highest BCUT2D eigenvalue weighted by Crippen LogP contribution is 2.26. The zero-order valence-corrected chi connectivity index (χ0v) is 11.9. The van der Waals surface area contributed by atoms with Gasteiger partial charge in [-0.2, -0.15) is 0 Å². The van der Waals surface area contributed by atoms with Crippen LogP contribution in [0.2, 0.25) is 0 Å². The van der Waals surface area contributed by atoms with Crippen molar-refractivity contribution < 1.29 is 4.79 Å². The van der Waals surface area contributed by atoms with E-state index in [1.165, 1.54) is 22.3 Å². The van der Waals surface area contributed by atoms with E-state index in [-0.39, 0.29) is 18.1 Å². The summed E-state index contributed by atoms with van der Waals surface area (Å²) in [5.41, 5.74) is 5.10. The second-order valence-electron chi connectivity index (χ2n) is 5.54. The van der Waals surface area contributed by atoms with Crippen LogP contribution in [0.3, 0.4) is 0 Å². The van der Waals surface area contributed by atoms with Gasteiger partial charge in [0.25, 0.3) is 0 Å². The first-order valence-electron chi connectivity index (χ1n) is 6.55. The van der Waals surface area contributed by atoms with Crippen molar-refractivity contribution in [2.45, 2.75) is 46.7 Å². The summed E-state index contributed by atoms with van der Waals surface area (Å²) < 4.78 is 0. The van der Waals surface area contributed by atoms with E-state index in [1.807, 2.05) is 4.90 Å². The number of carbonyl (C=O) groups is 1. The molecule has 1 heterocycles. The molecule has 0 aromatic heterocycles. The highest BCUT2D eigenvalue weighted by molar-refractivity contribution is 5.77. The second kappa shape index (κ2) is 4.63. The van der Waals surface area contributed by atoms with Crippen LogP contribution in [0.25, 0.3) is 0 Å². The van der Waals surface area contributed by atoms with Crippen LogP contribution in [0.1, 0.15) is 42.1 Å². The van der Waals surface area contributed by atoms with Gasteiger partial charge >= 0.3 is 6.03 Å². The van der Waals surface area contributed by atoms with Crippen molar-refractivity contribution >= 4 is 6.03 Å². The largest absolute Gasteiger partial charge is 0.329 e. The average Bonchev–Trinajstić information content (AvgIpc) is 2.65. The van der Waals surface area contributed by atoms with Gasteiger partial charge in [0, 0.05) is 12.6 Å². The van der Waals surface area contributed by atoms with E-state index in [4.69, 9.17) is 0 Å². The second-order valence-corrected chi connectivity index (χ2v) is 5.54. The van der Waals surface area contributed by atoms with Crippen molar-refractivity contribution in [3.05, 3.63) is 34.4 Å². The van der Waals surface area contributed by atoms with Crippen LogP contribution in [-0.2, 0) is 0 Å². The van der Waals surface area contributed by atoms with Gasteiger partial charge in [-0.05, 0) is 56.9 Å². The number of carbonyl (C=O) groups excluding carboxylic acids is 1. The fourth-order valence-electron chi connectivity index (χ4n) is 2.54. The lowest BCUT2D eigenvalue weighted by molar-refractivity contribution is 0.206. The molecule has 3 heteroatoms. The maximum atomic E-state index is 11.9. The first kappa shape index (κ1) is 12.9. The van der Waals surface area contributed by atoms with Crippen molar-refractivity contribution in [2.24, 2.45) is 0 Å². The van der Waals surface area contributed by atoms with E-state index in [0.29, 0.717) is 0 Å². The monoisotopic (exact) mass is 246 g/mol. The molecule has 98 valence electrons. The Morgan fingerprint density at radius 3 is 2.33 bits per heavy atom. The van der Waals surface area contributed by atoms with E-state index in [1.54, 1.807) is 0 Å². The number of nitrogens with zero attached hydrogens (tertiary/aromatic N) is 1. The van der Waals surface area contributed by atoms with Crippen LogP contribution >= 0.6 is 0 Å². The van der Waals surface area contributed by atoms with Crippen LogP contribution in [-0.4, -0.2) is 23.5 Å². The molecule has 1 aliphatic heterocycles. The zero-order chi connectivity index (χ0) is 13.4. The first-order chi connectivity index (χ1) is 8.40. The maximum Gasteiger partial charge on any atom is 0.318 e. The fourth-order valence-corrected chi connectivity index (χ4v) is 2.54. The molecule has 1 aromatic carbocycles. The van der Waals surface area contributed by atoms with Gasteiger partial charge in [-0.3, -0.25) is 0 Å². The highest BCUT2D eigenvalue weighted by atomic mass is 16.2. The number of aryl methyl sites for hydroxylation is 3. The molecule has 1 aliphatic rings. The first-order valence-corrected chi connectivity index (χ1v) is 6.55. The lowest BCUT2D eigenvalue weighted by Gasteiger charge is -2.19. The Hall–Kier alpha value is -1.51. The van der Waals surface area contributed by atoms with Gasteiger partial charge in [-0.1, -0.05) is 12.1 Å². The van der Waals surface area contributed by atoms with Gasteiger partial charge < -0.3 is 10.2 Å². The topological polar surface area (TPSA) is 32.3 Å². The summed E-state index contributed by atoms with van der Waals surface area (Å²) >= 11 is 0. The molecule has 3 nitrogen and oxygen atoms in total. The van der Waals surface area contributed by atoms with Gasteiger partial charge in [0.05, 0.1) is 6.04 Å². The minimum absolute atomic E-state index is 0.0487. The molecule has 1 N–H and O–H groups in total. The Kier molecular flexibility index (Phi) is 3.33. The predicted octanol–water partition coefficient (Wildman–Crippen LogP) is 3.09. The van der Waals surface area contributed by atoms with Gasteiger partial charge in [0.2, 0.25) is 0 Å². The Balaban J connectivity index is 2.29. The number of hydrogen-bond donors (Lipinski definition) is 1. The SMILES string of the molecule is Cc1cc(C)c(C2CN(C(C)C)C(=O)N2)cc1C. The zero-order valence-electron chi connectivity index (χ0n) is 11.9. The number of hydrogen-bond acceptors (Lipinski definition) is 1. The lowest BCUT2D eigenvalue weighted by atomic mass is 9.96. The predicted molar refractivity (Wildman–Crippen MR) is 73.8 cm³/mol. The molecule has 18 heavy (non-hydrogen) atoms. The van der Waals surface area contributed by atoms with Crippen LogP contribution in [0.5, 0.6) is 0 Å². The van der Waals surface area contributed by atoms with Crippen LogP contribution in [0.4, 0.5) is 4.79 Å². The Bertz CT molecular complexity index is 480. The van der Waals surface area contributed by atoms with Crippen molar-refractivity contribution in [1.29, 1.82) is 0 Å². The van der Waals surface area contributed by atoms with Crippen molar-refractivity contribution in [3.63, 3.8) is 0 Å². The smallest absolute Gasteiger partial charge is 0.318 e. The number of urea groups is 1. The molecule has 2 amide bonds. The molecular weight excluding hydrogens is 224 g/mol. The highest BCUT2D eigenvalue weighted by Gasteiger charge is 2.31. The van der Waals surface area contributed by atoms with Crippen molar-refractivity contribution in [3.8, 4) is 0 Å². The standard InChI is InChI=1S/C15H22N2O/c1-9(2)17-8-14(16-15(17)18)13-7-11(4)10(3)6-12(13)5/h6-7,9,14H,8H2,1-5H3,(H,16,18). The maximum absolute atomic E-state index is 11.9. The summed E-state index contributed by atoms with van der Waals surface area (Å²) in [5, 5.41) is 3.08. The van der Waals surface area contributed by atoms with Crippen LogP contribution in [0.15, 0.2) is 12.1 Å². The Morgan fingerprint density at radius 1 is 1.17 bits per heavy atom. The number of nitrogens with one attached hydrogen (secondary N) is 1. The number of amides is 2. The fraction of sp³-hybridized carbons (Fsp3) is 0.533. The number of benzene rings is 1. The van der Waals surface area contributed by atoms with E-state index in [9.17, 15) is 4.79 Å². The Morgan fingerprint density at radius 2 is 1.78 bits per heavy atom. The van der Waals surface area contributed by atoms with E-state index < -0.39 is 0 Å². The van der Waals surface area contributed by atoms with Gasteiger partial charge in [0.1, 0.15) is 0 Å². The van der Waals surface area contributed by atoms with Gasteiger partial charge in [0.15, 0.2) is 0 Å². The molecule has 0 spiro atoms. The van der Waals surface area contributed by atoms with E-state index in [2.05, 4.69) is 52.1 Å². The number of rotatable bonds is 2. The average molecular weight is 246 g/mol. The van der Waals surface area contributed by atoms with Crippen LogP contribution in [0, 0.1) is 20.8 Å². The summed E-state index contributed by atoms with van der Waals surface area (Å²) in [4.78, 5) is 13.8. The molecule has 1 unspecified atom stereocenters. The summed E-state index contributed by atoms with van der Waals surface area (Å²) in [7, 11) is 0. The van der Waals surface area contributed by atoms with Crippen LogP contribution < -0.4 is 5.32 Å². The van der Waals surface area contributed by atoms with Crippen molar-refractivity contribution in [1.82, 2.24) is 10.2 Å². The summed E-state index contributed by atoms with van der Waals surface area (Å²) in [6.07, 6.45) is 0. The van der Waals surface area contributed by atoms with Gasteiger partial charge in [-0.25, -0.2) is 4.79 Å². The molecule has 1 saturated heterocycles. The quantitative estimate of drug-likeness (QED) is 0.854. The lowest BCUT2D eigenvalue weighted by Crippen LogP contribution is -2.33. The third-order valence-electron chi connectivity index (χ3n) is 3.82.